The lowest BCUT2D eigenvalue weighted by atomic mass is 10.0. The fourth-order valence-corrected chi connectivity index (χ4v) is 2.05. The van der Waals surface area contributed by atoms with Crippen LogP contribution in [0.3, 0.4) is 0 Å². The summed E-state index contributed by atoms with van der Waals surface area (Å²) in [4.78, 5) is 12.2. The average molecular weight is 327 g/mol. The maximum absolute atomic E-state index is 13.6. The van der Waals surface area contributed by atoms with Crippen molar-refractivity contribution in [3.63, 3.8) is 0 Å². The molecule has 0 radical (unpaired) electrons. The van der Waals surface area contributed by atoms with Gasteiger partial charge < -0.3 is 4.74 Å². The van der Waals surface area contributed by atoms with Crippen molar-refractivity contribution in [1.82, 2.24) is 0 Å². The first-order valence-electron chi connectivity index (χ1n) is 5.36. The molecule has 0 atom stereocenters. The minimum atomic E-state index is -0.763. The molecule has 0 spiro atoms. The van der Waals surface area contributed by atoms with Crippen molar-refractivity contribution in [3.8, 4) is 5.75 Å². The Kier molecular flexibility index (Phi) is 3.95. The Balaban J connectivity index is 2.52. The van der Waals surface area contributed by atoms with Gasteiger partial charge in [-0.3, -0.25) is 4.79 Å². The van der Waals surface area contributed by atoms with Crippen molar-refractivity contribution in [3.05, 3.63) is 63.6 Å². The summed E-state index contributed by atoms with van der Waals surface area (Å²) in [6, 6.07) is 7.51. The van der Waals surface area contributed by atoms with E-state index in [0.29, 0.717) is 10.2 Å². The van der Waals surface area contributed by atoms with E-state index >= 15 is 0 Å². The zero-order chi connectivity index (χ0) is 14.0. The van der Waals surface area contributed by atoms with Crippen molar-refractivity contribution in [1.29, 1.82) is 0 Å². The van der Waals surface area contributed by atoms with Gasteiger partial charge in [0.15, 0.2) is 5.78 Å². The van der Waals surface area contributed by atoms with Crippen LogP contribution in [0.25, 0.3) is 0 Å². The van der Waals surface area contributed by atoms with Crippen LogP contribution < -0.4 is 4.74 Å². The lowest BCUT2D eigenvalue weighted by Crippen LogP contribution is -2.06. The Labute approximate surface area is 117 Å². The zero-order valence-electron chi connectivity index (χ0n) is 9.91. The van der Waals surface area contributed by atoms with Crippen LogP contribution in [0.2, 0.25) is 0 Å². The minimum Gasteiger partial charge on any atom is -0.497 e. The standard InChI is InChI=1S/C14H9BrF2O2/c1-19-9-3-4-12(15)10(7-9)14(18)11-6-8(16)2-5-13(11)17/h2-7H,1H3. The Bertz CT molecular complexity index is 641. The number of carbonyl (C=O) groups is 1. The summed E-state index contributed by atoms with van der Waals surface area (Å²) < 4.78 is 32.2. The van der Waals surface area contributed by atoms with Crippen LogP contribution in [0.1, 0.15) is 15.9 Å². The molecule has 0 saturated heterocycles. The van der Waals surface area contributed by atoms with Gasteiger partial charge in [0, 0.05) is 10.0 Å². The number of rotatable bonds is 3. The van der Waals surface area contributed by atoms with Crippen molar-refractivity contribution in [2.24, 2.45) is 0 Å². The molecule has 0 unspecified atom stereocenters. The minimum absolute atomic E-state index is 0.212. The van der Waals surface area contributed by atoms with E-state index in [1.54, 1.807) is 12.1 Å². The molecule has 2 aromatic carbocycles. The molecule has 5 heteroatoms. The fourth-order valence-electron chi connectivity index (χ4n) is 1.62. The van der Waals surface area contributed by atoms with E-state index in [9.17, 15) is 13.6 Å². The first kappa shape index (κ1) is 13.7. The summed E-state index contributed by atoms with van der Waals surface area (Å²) in [5, 5.41) is 0. The average Bonchev–Trinajstić information content (AvgIpc) is 2.41. The van der Waals surface area contributed by atoms with Crippen molar-refractivity contribution in [2.75, 3.05) is 7.11 Å². The second kappa shape index (κ2) is 5.48. The normalized spacial score (nSPS) is 10.3. The summed E-state index contributed by atoms with van der Waals surface area (Å²) in [6.07, 6.45) is 0. The Morgan fingerprint density at radius 1 is 1.11 bits per heavy atom. The third-order valence-corrected chi connectivity index (χ3v) is 3.28. The molecule has 2 aromatic rings. The van der Waals surface area contributed by atoms with Gasteiger partial charge in [-0.25, -0.2) is 8.78 Å². The van der Waals surface area contributed by atoms with Crippen molar-refractivity contribution >= 4 is 21.7 Å². The van der Waals surface area contributed by atoms with Gasteiger partial charge in [-0.2, -0.15) is 0 Å². The number of methoxy groups -OCH3 is 1. The van der Waals surface area contributed by atoms with E-state index in [0.717, 1.165) is 18.2 Å². The number of halogens is 3. The van der Waals surface area contributed by atoms with E-state index in [1.165, 1.54) is 13.2 Å². The molecular weight excluding hydrogens is 318 g/mol. The summed E-state index contributed by atoms with van der Waals surface area (Å²) in [5.74, 6) is -1.57. The molecule has 98 valence electrons. The predicted octanol–water partition coefficient (Wildman–Crippen LogP) is 3.97. The van der Waals surface area contributed by atoms with Crippen LogP contribution in [-0.4, -0.2) is 12.9 Å². The van der Waals surface area contributed by atoms with Gasteiger partial charge in [-0.1, -0.05) is 15.9 Å². The molecule has 2 rings (SSSR count). The highest BCUT2D eigenvalue weighted by atomic mass is 79.9. The molecule has 0 saturated carbocycles. The maximum atomic E-state index is 13.6. The second-order valence-corrected chi connectivity index (χ2v) is 4.65. The molecule has 0 amide bonds. The van der Waals surface area contributed by atoms with Gasteiger partial charge in [0.1, 0.15) is 17.4 Å². The van der Waals surface area contributed by atoms with Crippen LogP contribution in [-0.2, 0) is 0 Å². The van der Waals surface area contributed by atoms with E-state index in [1.807, 2.05) is 0 Å². The molecule has 0 fully saturated rings. The predicted molar refractivity (Wildman–Crippen MR) is 70.5 cm³/mol. The topological polar surface area (TPSA) is 26.3 Å². The summed E-state index contributed by atoms with van der Waals surface area (Å²) in [6.45, 7) is 0. The first-order chi connectivity index (χ1) is 9.02. The van der Waals surface area contributed by atoms with Gasteiger partial charge >= 0.3 is 0 Å². The van der Waals surface area contributed by atoms with Gasteiger partial charge in [0.05, 0.1) is 12.7 Å². The third-order valence-electron chi connectivity index (χ3n) is 2.59. The third kappa shape index (κ3) is 2.81. The lowest BCUT2D eigenvalue weighted by molar-refractivity contribution is 0.103. The molecule has 2 nitrogen and oxygen atoms in total. The molecule has 0 bridgehead atoms. The molecule has 0 aliphatic rings. The molecule has 0 heterocycles. The van der Waals surface area contributed by atoms with Gasteiger partial charge in [-0.05, 0) is 36.4 Å². The Morgan fingerprint density at radius 2 is 1.84 bits per heavy atom. The molecule has 0 N–H and O–H groups in total. The zero-order valence-corrected chi connectivity index (χ0v) is 11.5. The first-order valence-corrected chi connectivity index (χ1v) is 6.15. The Hall–Kier alpha value is -1.75. The number of ketones is 1. The van der Waals surface area contributed by atoms with Crippen LogP contribution in [0, 0.1) is 11.6 Å². The number of hydrogen-bond acceptors (Lipinski definition) is 2. The quantitative estimate of drug-likeness (QED) is 0.798. The largest absolute Gasteiger partial charge is 0.497 e. The SMILES string of the molecule is COc1ccc(Br)c(C(=O)c2cc(F)ccc2F)c1. The van der Waals surface area contributed by atoms with E-state index in [4.69, 9.17) is 4.74 Å². The summed E-state index contributed by atoms with van der Waals surface area (Å²) in [7, 11) is 1.46. The monoisotopic (exact) mass is 326 g/mol. The van der Waals surface area contributed by atoms with Crippen LogP contribution in [0.15, 0.2) is 40.9 Å². The smallest absolute Gasteiger partial charge is 0.197 e. The van der Waals surface area contributed by atoms with Crippen LogP contribution in [0.5, 0.6) is 5.75 Å². The van der Waals surface area contributed by atoms with Gasteiger partial charge in [0.2, 0.25) is 0 Å². The molecule has 0 aliphatic carbocycles. The summed E-state index contributed by atoms with van der Waals surface area (Å²) in [5.41, 5.74) is -0.0993. The number of carbonyl (C=O) groups excluding carboxylic acids is 1. The van der Waals surface area contributed by atoms with Crippen LogP contribution >= 0.6 is 15.9 Å². The highest BCUT2D eigenvalue weighted by Crippen LogP contribution is 2.26. The second-order valence-electron chi connectivity index (χ2n) is 3.80. The van der Waals surface area contributed by atoms with Crippen LogP contribution in [0.4, 0.5) is 8.78 Å². The van der Waals surface area contributed by atoms with Gasteiger partial charge in [-0.15, -0.1) is 0 Å². The number of benzene rings is 2. The van der Waals surface area contributed by atoms with E-state index < -0.39 is 17.4 Å². The molecular formula is C14H9BrF2O2. The molecule has 19 heavy (non-hydrogen) atoms. The molecule has 0 aromatic heterocycles. The van der Waals surface area contributed by atoms with E-state index in [-0.39, 0.29) is 11.1 Å². The number of ether oxygens (including phenoxy) is 1. The molecule has 0 aliphatic heterocycles. The lowest BCUT2D eigenvalue weighted by Gasteiger charge is -2.07. The highest BCUT2D eigenvalue weighted by Gasteiger charge is 2.18. The van der Waals surface area contributed by atoms with Gasteiger partial charge in [0.25, 0.3) is 0 Å². The Morgan fingerprint density at radius 3 is 2.53 bits per heavy atom. The fraction of sp³-hybridized carbons (Fsp3) is 0.0714. The van der Waals surface area contributed by atoms with Crippen molar-refractivity contribution < 1.29 is 18.3 Å². The maximum Gasteiger partial charge on any atom is 0.197 e. The van der Waals surface area contributed by atoms with E-state index in [2.05, 4.69) is 15.9 Å². The van der Waals surface area contributed by atoms with Crippen molar-refractivity contribution in [2.45, 2.75) is 0 Å². The number of hydrogen-bond donors (Lipinski definition) is 0. The highest BCUT2D eigenvalue weighted by molar-refractivity contribution is 9.10. The summed E-state index contributed by atoms with van der Waals surface area (Å²) >= 11 is 3.21.